The maximum Gasteiger partial charge on any atom is 0.246 e. The highest BCUT2D eigenvalue weighted by molar-refractivity contribution is 5.78. The summed E-state index contributed by atoms with van der Waals surface area (Å²) < 4.78 is 10.7. The molecule has 1 amide bonds. The van der Waals surface area contributed by atoms with E-state index < -0.39 is 6.10 Å². The van der Waals surface area contributed by atoms with E-state index in [0.717, 1.165) is 35.3 Å². The average Bonchev–Trinajstić information content (AvgIpc) is 2.53. The zero-order valence-corrected chi connectivity index (χ0v) is 13.5. The zero-order valence-electron chi connectivity index (χ0n) is 13.5. The van der Waals surface area contributed by atoms with Crippen LogP contribution in [0.1, 0.15) is 55.5 Å². The van der Waals surface area contributed by atoms with Crippen molar-refractivity contribution in [3.05, 3.63) is 28.8 Å². The lowest BCUT2D eigenvalue weighted by Gasteiger charge is -2.30. The van der Waals surface area contributed by atoms with Crippen molar-refractivity contribution in [2.24, 2.45) is 0 Å². The molecule has 1 heterocycles. The summed E-state index contributed by atoms with van der Waals surface area (Å²) in [5.74, 6) is 0.584. The molecule has 0 radical (unpaired) electrons. The number of rotatable bonds is 6. The Kier molecular flexibility index (Phi) is 5.80. The average molecular weight is 307 g/mol. The molecule has 2 N–H and O–H groups in total. The number of methoxy groups -OCH3 is 1. The highest BCUT2D eigenvalue weighted by Crippen LogP contribution is 2.39. The molecule has 5 nitrogen and oxygen atoms in total. The number of ether oxygens (including phenoxy) is 2. The number of fused-ring (bicyclic) bond motifs is 1. The van der Waals surface area contributed by atoms with Crippen molar-refractivity contribution in [1.82, 2.24) is 5.32 Å². The van der Waals surface area contributed by atoms with E-state index in [4.69, 9.17) is 9.47 Å². The number of nitrogens with one attached hydrogen (secondary N) is 1. The van der Waals surface area contributed by atoms with E-state index in [9.17, 15) is 9.90 Å². The first-order valence-corrected chi connectivity index (χ1v) is 7.86. The van der Waals surface area contributed by atoms with Gasteiger partial charge in [-0.3, -0.25) is 4.79 Å². The second kappa shape index (κ2) is 7.61. The highest BCUT2D eigenvalue weighted by Gasteiger charge is 2.27. The van der Waals surface area contributed by atoms with Crippen molar-refractivity contribution in [2.45, 2.75) is 45.3 Å². The number of aliphatic hydroxyl groups is 1. The Labute approximate surface area is 131 Å². The fraction of sp³-hybridized carbons (Fsp3) is 0.588. The molecule has 5 heteroatoms. The van der Waals surface area contributed by atoms with Crippen molar-refractivity contribution in [3.8, 4) is 5.75 Å². The van der Waals surface area contributed by atoms with Gasteiger partial charge in [0.25, 0.3) is 0 Å². The Bertz CT molecular complexity index is 530. The fourth-order valence-electron chi connectivity index (χ4n) is 2.79. The second-order valence-corrected chi connectivity index (χ2v) is 5.57. The van der Waals surface area contributed by atoms with Crippen LogP contribution in [0.5, 0.6) is 5.75 Å². The third-order valence-corrected chi connectivity index (χ3v) is 4.00. The number of hydrogen-bond acceptors (Lipinski definition) is 4. The molecule has 2 unspecified atom stereocenters. The van der Waals surface area contributed by atoms with Gasteiger partial charge in [-0.25, -0.2) is 0 Å². The van der Waals surface area contributed by atoms with E-state index in [-0.39, 0.29) is 18.6 Å². The summed E-state index contributed by atoms with van der Waals surface area (Å²) in [6.45, 7) is 4.59. The van der Waals surface area contributed by atoms with Gasteiger partial charge in [-0.05, 0) is 24.5 Å². The van der Waals surface area contributed by atoms with Crippen molar-refractivity contribution < 1.29 is 19.4 Å². The zero-order chi connectivity index (χ0) is 16.1. The number of hydrogen-bond donors (Lipinski definition) is 2. The first kappa shape index (κ1) is 16.8. The molecule has 0 aliphatic carbocycles. The van der Waals surface area contributed by atoms with Gasteiger partial charge >= 0.3 is 0 Å². The molecule has 2 rings (SSSR count). The van der Waals surface area contributed by atoms with Gasteiger partial charge in [0, 0.05) is 24.7 Å². The van der Waals surface area contributed by atoms with Gasteiger partial charge in [0.2, 0.25) is 5.91 Å². The largest absolute Gasteiger partial charge is 0.493 e. The van der Waals surface area contributed by atoms with E-state index in [0.29, 0.717) is 13.0 Å². The number of carbonyl (C=O) groups excluding carboxylic acids is 1. The molecular formula is C17H25NO4. The van der Waals surface area contributed by atoms with E-state index in [1.165, 1.54) is 7.11 Å². The summed E-state index contributed by atoms with van der Waals surface area (Å²) in [4.78, 5) is 11.8. The molecule has 0 saturated carbocycles. The van der Waals surface area contributed by atoms with Crippen molar-refractivity contribution in [3.63, 3.8) is 0 Å². The Morgan fingerprint density at radius 2 is 2.27 bits per heavy atom. The number of aliphatic hydroxyl groups excluding tert-OH is 1. The van der Waals surface area contributed by atoms with Gasteiger partial charge in [0.05, 0.1) is 18.8 Å². The predicted octanol–water partition coefficient (Wildman–Crippen LogP) is 2.28. The number of aryl methyl sites for hydroxylation is 1. The molecule has 0 spiro atoms. The molecule has 0 aromatic heterocycles. The summed E-state index contributed by atoms with van der Waals surface area (Å²) in [6.07, 6.45) is 1.67. The van der Waals surface area contributed by atoms with Crippen LogP contribution in [-0.4, -0.2) is 31.3 Å². The van der Waals surface area contributed by atoms with Gasteiger partial charge in [0.1, 0.15) is 12.4 Å². The molecule has 1 aliphatic heterocycles. The van der Waals surface area contributed by atoms with Crippen LogP contribution in [0.4, 0.5) is 0 Å². The lowest BCUT2D eigenvalue weighted by atomic mass is 9.91. The second-order valence-electron chi connectivity index (χ2n) is 5.57. The molecule has 1 aliphatic rings. The van der Waals surface area contributed by atoms with Crippen LogP contribution in [0.25, 0.3) is 0 Å². The van der Waals surface area contributed by atoms with E-state index in [1.807, 2.05) is 13.0 Å². The summed E-state index contributed by atoms with van der Waals surface area (Å²) in [6, 6.07) is 3.98. The van der Waals surface area contributed by atoms with Gasteiger partial charge in [0.15, 0.2) is 0 Å². The Morgan fingerprint density at radius 1 is 1.50 bits per heavy atom. The minimum Gasteiger partial charge on any atom is -0.493 e. The Morgan fingerprint density at radius 3 is 2.91 bits per heavy atom. The van der Waals surface area contributed by atoms with Crippen LogP contribution in [-0.2, 0) is 16.0 Å². The summed E-state index contributed by atoms with van der Waals surface area (Å²) in [7, 11) is 1.50. The lowest BCUT2D eigenvalue weighted by molar-refractivity contribution is -0.125. The maximum atomic E-state index is 11.8. The summed E-state index contributed by atoms with van der Waals surface area (Å²) >= 11 is 0. The van der Waals surface area contributed by atoms with E-state index in [2.05, 4.69) is 18.3 Å². The Balaban J connectivity index is 2.38. The van der Waals surface area contributed by atoms with Gasteiger partial charge in [-0.1, -0.05) is 19.9 Å². The highest BCUT2D eigenvalue weighted by atomic mass is 16.5. The third-order valence-electron chi connectivity index (χ3n) is 4.00. The van der Waals surface area contributed by atoms with E-state index >= 15 is 0 Å². The van der Waals surface area contributed by atoms with Crippen LogP contribution in [0, 0.1) is 0 Å². The summed E-state index contributed by atoms with van der Waals surface area (Å²) in [5.41, 5.74) is 2.91. The number of benzene rings is 1. The molecular weight excluding hydrogens is 282 g/mol. The summed E-state index contributed by atoms with van der Waals surface area (Å²) in [5, 5.41) is 13.3. The topological polar surface area (TPSA) is 67.8 Å². The monoisotopic (exact) mass is 307 g/mol. The van der Waals surface area contributed by atoms with Crippen molar-refractivity contribution >= 4 is 5.91 Å². The van der Waals surface area contributed by atoms with Gasteiger partial charge in [-0.2, -0.15) is 0 Å². The van der Waals surface area contributed by atoms with Crippen molar-refractivity contribution in [2.75, 3.05) is 20.3 Å². The molecule has 0 fully saturated rings. The third kappa shape index (κ3) is 3.59. The van der Waals surface area contributed by atoms with Crippen LogP contribution in [0.3, 0.4) is 0 Å². The quantitative estimate of drug-likeness (QED) is 0.846. The smallest absolute Gasteiger partial charge is 0.246 e. The SMILES string of the molecule is CCc1cc(C(O)CC)c2c(c1)C(NC(=O)COC)CCO2. The standard InChI is InChI=1S/C17H25NO4/c1-4-11-8-12-14(18-16(20)10-21-3)6-7-22-17(12)13(9-11)15(19)5-2/h8-9,14-15,19H,4-7,10H2,1-3H3,(H,18,20). The first-order chi connectivity index (χ1) is 10.6. The van der Waals surface area contributed by atoms with Crippen LogP contribution in [0.15, 0.2) is 12.1 Å². The van der Waals surface area contributed by atoms with E-state index in [1.54, 1.807) is 0 Å². The molecule has 1 aromatic carbocycles. The van der Waals surface area contributed by atoms with Gasteiger partial charge in [-0.15, -0.1) is 0 Å². The number of carbonyl (C=O) groups is 1. The molecule has 22 heavy (non-hydrogen) atoms. The molecule has 122 valence electrons. The van der Waals surface area contributed by atoms with Gasteiger partial charge < -0.3 is 19.9 Å². The normalized spacial score (nSPS) is 18.3. The fourth-order valence-corrected chi connectivity index (χ4v) is 2.79. The molecule has 2 atom stereocenters. The van der Waals surface area contributed by atoms with Crippen LogP contribution < -0.4 is 10.1 Å². The van der Waals surface area contributed by atoms with Crippen molar-refractivity contribution in [1.29, 1.82) is 0 Å². The number of amides is 1. The molecule has 0 bridgehead atoms. The first-order valence-electron chi connectivity index (χ1n) is 7.86. The minimum absolute atomic E-state index is 0.0462. The lowest BCUT2D eigenvalue weighted by Crippen LogP contribution is -2.34. The molecule has 0 saturated heterocycles. The minimum atomic E-state index is -0.548. The molecule has 1 aromatic rings. The maximum absolute atomic E-state index is 11.8. The van der Waals surface area contributed by atoms with Crippen LogP contribution >= 0.6 is 0 Å². The predicted molar refractivity (Wildman–Crippen MR) is 83.9 cm³/mol. The van der Waals surface area contributed by atoms with Crippen LogP contribution in [0.2, 0.25) is 0 Å². The Hall–Kier alpha value is -1.59.